The highest BCUT2D eigenvalue weighted by atomic mass is 16.4. The number of hydrogen-bond donors (Lipinski definition) is 1. The number of carbonyl (C=O) groups is 1. The number of aromatic carboxylic acids is 1. The van der Waals surface area contributed by atoms with Crippen LogP contribution in [0.15, 0.2) is 18.3 Å². The summed E-state index contributed by atoms with van der Waals surface area (Å²) in [5, 5.41) is 9.20. The van der Waals surface area contributed by atoms with Crippen LogP contribution >= 0.6 is 0 Å². The number of nitrogens with zero attached hydrogens (tertiary/aromatic N) is 2. The van der Waals surface area contributed by atoms with E-state index in [4.69, 9.17) is 0 Å². The molecule has 0 bridgehead atoms. The number of rotatable bonds is 3. The van der Waals surface area contributed by atoms with Crippen molar-refractivity contribution in [2.75, 3.05) is 11.9 Å². The largest absolute Gasteiger partial charge is 0.478 e. The molecule has 1 fully saturated rings. The molecule has 1 aliphatic carbocycles. The first-order valence-electron chi connectivity index (χ1n) is 6.61. The van der Waals surface area contributed by atoms with Gasteiger partial charge in [0.1, 0.15) is 11.4 Å². The minimum absolute atomic E-state index is 0.296. The first kappa shape index (κ1) is 12.9. The molecular formula is C14H20N2O2. The van der Waals surface area contributed by atoms with Gasteiger partial charge in [-0.3, -0.25) is 0 Å². The molecule has 0 spiro atoms. The second-order valence-corrected chi connectivity index (χ2v) is 4.94. The van der Waals surface area contributed by atoms with Gasteiger partial charge in [0.15, 0.2) is 0 Å². The molecule has 0 atom stereocenters. The van der Waals surface area contributed by atoms with Crippen molar-refractivity contribution in [2.24, 2.45) is 0 Å². The molecule has 1 saturated carbocycles. The van der Waals surface area contributed by atoms with Crippen molar-refractivity contribution >= 4 is 11.8 Å². The summed E-state index contributed by atoms with van der Waals surface area (Å²) in [6, 6.07) is 3.71. The highest BCUT2D eigenvalue weighted by molar-refractivity contribution is 5.93. The summed E-state index contributed by atoms with van der Waals surface area (Å²) in [4.78, 5) is 17.5. The van der Waals surface area contributed by atoms with Crippen LogP contribution in [0.25, 0.3) is 0 Å². The fourth-order valence-electron chi connectivity index (χ4n) is 2.66. The third-order valence-corrected chi connectivity index (χ3v) is 3.72. The van der Waals surface area contributed by atoms with Gasteiger partial charge < -0.3 is 10.0 Å². The molecule has 0 saturated heterocycles. The lowest BCUT2D eigenvalue weighted by Gasteiger charge is -2.29. The van der Waals surface area contributed by atoms with Crippen LogP contribution in [-0.2, 0) is 0 Å². The Balaban J connectivity index is 2.21. The lowest BCUT2D eigenvalue weighted by atomic mass is 10.1. The summed E-state index contributed by atoms with van der Waals surface area (Å²) in [6.45, 7) is 0. The fraction of sp³-hybridized carbons (Fsp3) is 0.571. The van der Waals surface area contributed by atoms with Gasteiger partial charge in [-0.1, -0.05) is 25.7 Å². The van der Waals surface area contributed by atoms with Crippen molar-refractivity contribution in [3.63, 3.8) is 0 Å². The van der Waals surface area contributed by atoms with E-state index in [-0.39, 0.29) is 0 Å². The maximum atomic E-state index is 11.2. The number of hydrogen-bond acceptors (Lipinski definition) is 3. The zero-order valence-electron chi connectivity index (χ0n) is 10.8. The molecule has 4 nitrogen and oxygen atoms in total. The van der Waals surface area contributed by atoms with Gasteiger partial charge in [-0.15, -0.1) is 0 Å². The molecule has 0 radical (unpaired) electrons. The second-order valence-electron chi connectivity index (χ2n) is 4.94. The van der Waals surface area contributed by atoms with E-state index in [1.165, 1.54) is 25.7 Å². The molecule has 0 aliphatic heterocycles. The van der Waals surface area contributed by atoms with Gasteiger partial charge in [0.25, 0.3) is 0 Å². The predicted octanol–water partition coefficient (Wildman–Crippen LogP) is 2.94. The normalized spacial score (nSPS) is 17.2. The minimum Gasteiger partial charge on any atom is -0.478 e. The Morgan fingerprint density at radius 1 is 1.33 bits per heavy atom. The third-order valence-electron chi connectivity index (χ3n) is 3.72. The molecule has 4 heteroatoms. The average Bonchev–Trinajstić information content (AvgIpc) is 2.66. The van der Waals surface area contributed by atoms with Crippen molar-refractivity contribution < 1.29 is 9.90 Å². The molecule has 98 valence electrons. The lowest BCUT2D eigenvalue weighted by Crippen LogP contribution is -2.33. The molecule has 0 amide bonds. The standard InChI is InChI=1S/C14H20N2O2/c1-16(11-7-4-2-3-5-8-11)13-12(14(17)18)9-6-10-15-13/h6,9-11H,2-5,7-8H2,1H3,(H,17,18). The molecule has 1 aliphatic rings. The van der Waals surface area contributed by atoms with Gasteiger partial charge in [0.2, 0.25) is 0 Å². The molecule has 0 unspecified atom stereocenters. The van der Waals surface area contributed by atoms with Gasteiger partial charge in [-0.25, -0.2) is 9.78 Å². The van der Waals surface area contributed by atoms with Gasteiger partial charge in [0, 0.05) is 19.3 Å². The van der Waals surface area contributed by atoms with Crippen molar-refractivity contribution in [1.82, 2.24) is 4.98 Å². The van der Waals surface area contributed by atoms with Gasteiger partial charge in [-0.05, 0) is 25.0 Å². The van der Waals surface area contributed by atoms with E-state index in [1.54, 1.807) is 18.3 Å². The van der Waals surface area contributed by atoms with E-state index < -0.39 is 5.97 Å². The fourth-order valence-corrected chi connectivity index (χ4v) is 2.66. The summed E-state index contributed by atoms with van der Waals surface area (Å²) in [5.74, 6) is -0.310. The molecule has 0 aromatic carbocycles. The van der Waals surface area contributed by atoms with Gasteiger partial charge >= 0.3 is 5.97 Å². The predicted molar refractivity (Wildman–Crippen MR) is 71.1 cm³/mol. The molecule has 1 N–H and O–H groups in total. The first-order valence-corrected chi connectivity index (χ1v) is 6.61. The number of pyridine rings is 1. The van der Waals surface area contributed by atoms with E-state index >= 15 is 0 Å². The van der Waals surface area contributed by atoms with Crippen LogP contribution < -0.4 is 4.90 Å². The SMILES string of the molecule is CN(c1ncccc1C(=O)O)C1CCCCCC1. The van der Waals surface area contributed by atoms with Crippen LogP contribution in [0.2, 0.25) is 0 Å². The Bertz CT molecular complexity index is 412. The molecule has 1 aromatic rings. The van der Waals surface area contributed by atoms with Crippen LogP contribution in [-0.4, -0.2) is 29.1 Å². The highest BCUT2D eigenvalue weighted by Crippen LogP contribution is 2.26. The van der Waals surface area contributed by atoms with Crippen molar-refractivity contribution in [3.05, 3.63) is 23.9 Å². The number of anilines is 1. The summed E-state index contributed by atoms with van der Waals surface area (Å²) in [7, 11) is 1.96. The zero-order chi connectivity index (χ0) is 13.0. The second kappa shape index (κ2) is 5.85. The summed E-state index contributed by atoms with van der Waals surface area (Å²) >= 11 is 0. The van der Waals surface area contributed by atoms with Crippen LogP contribution in [0.5, 0.6) is 0 Å². The summed E-state index contributed by atoms with van der Waals surface area (Å²) < 4.78 is 0. The third kappa shape index (κ3) is 2.81. The Morgan fingerprint density at radius 2 is 2.00 bits per heavy atom. The lowest BCUT2D eigenvalue weighted by molar-refractivity contribution is 0.0697. The van der Waals surface area contributed by atoms with E-state index in [1.807, 2.05) is 7.05 Å². The monoisotopic (exact) mass is 248 g/mol. The van der Waals surface area contributed by atoms with E-state index in [0.29, 0.717) is 17.4 Å². The van der Waals surface area contributed by atoms with Crippen LogP contribution in [0.1, 0.15) is 48.9 Å². The topological polar surface area (TPSA) is 53.4 Å². The van der Waals surface area contributed by atoms with Crippen molar-refractivity contribution in [2.45, 2.75) is 44.6 Å². The minimum atomic E-state index is -0.904. The number of carboxylic acid groups (broad SMARTS) is 1. The Morgan fingerprint density at radius 3 is 2.61 bits per heavy atom. The van der Waals surface area contributed by atoms with Gasteiger partial charge in [0.05, 0.1) is 0 Å². The molecular weight excluding hydrogens is 228 g/mol. The smallest absolute Gasteiger partial charge is 0.339 e. The summed E-state index contributed by atoms with van der Waals surface area (Å²) in [6.07, 6.45) is 8.96. The van der Waals surface area contributed by atoms with Crippen LogP contribution in [0.3, 0.4) is 0 Å². The van der Waals surface area contributed by atoms with Crippen LogP contribution in [0.4, 0.5) is 5.82 Å². The molecule has 1 heterocycles. The van der Waals surface area contributed by atoms with Crippen molar-refractivity contribution in [3.8, 4) is 0 Å². The van der Waals surface area contributed by atoms with Gasteiger partial charge in [-0.2, -0.15) is 0 Å². The molecule has 2 rings (SSSR count). The first-order chi connectivity index (χ1) is 8.70. The molecule has 18 heavy (non-hydrogen) atoms. The number of aromatic nitrogens is 1. The summed E-state index contributed by atoms with van der Waals surface area (Å²) in [5.41, 5.74) is 0.296. The highest BCUT2D eigenvalue weighted by Gasteiger charge is 2.22. The number of carboxylic acids is 1. The zero-order valence-corrected chi connectivity index (χ0v) is 10.8. The van der Waals surface area contributed by atoms with E-state index in [9.17, 15) is 9.90 Å². The maximum absolute atomic E-state index is 11.2. The Hall–Kier alpha value is -1.58. The Labute approximate surface area is 108 Å². The van der Waals surface area contributed by atoms with Crippen molar-refractivity contribution in [1.29, 1.82) is 0 Å². The molecule has 1 aromatic heterocycles. The Kier molecular flexibility index (Phi) is 4.18. The van der Waals surface area contributed by atoms with Crippen LogP contribution in [0, 0.1) is 0 Å². The quantitative estimate of drug-likeness (QED) is 0.836. The average molecular weight is 248 g/mol. The van der Waals surface area contributed by atoms with E-state index in [2.05, 4.69) is 9.88 Å². The maximum Gasteiger partial charge on any atom is 0.339 e. The van der Waals surface area contributed by atoms with E-state index in [0.717, 1.165) is 12.8 Å².